The summed E-state index contributed by atoms with van der Waals surface area (Å²) in [6.45, 7) is 1.84. The van der Waals surface area contributed by atoms with Gasteiger partial charge in [0.1, 0.15) is 0 Å². The number of hydrogen-bond acceptors (Lipinski definition) is 3. The molecule has 0 spiro atoms. The first-order chi connectivity index (χ1) is 6.60. The van der Waals surface area contributed by atoms with E-state index in [0.29, 0.717) is 12.3 Å². The van der Waals surface area contributed by atoms with Crippen molar-refractivity contribution < 1.29 is 9.21 Å². The lowest BCUT2D eigenvalue weighted by Gasteiger charge is -2.22. The normalized spacial score (nSPS) is 20.4. The third kappa shape index (κ3) is 1.73. The number of carbonyl (C=O) groups is 1. The summed E-state index contributed by atoms with van der Waals surface area (Å²) < 4.78 is 4.91. The molecule has 1 heterocycles. The molecule has 1 aromatic rings. The van der Waals surface area contributed by atoms with Gasteiger partial charge in [-0.15, -0.1) is 0 Å². The highest BCUT2D eigenvalue weighted by Gasteiger charge is 2.43. The van der Waals surface area contributed by atoms with Crippen LogP contribution in [0.1, 0.15) is 25.3 Å². The summed E-state index contributed by atoms with van der Waals surface area (Å²) >= 11 is 0. The fourth-order valence-corrected chi connectivity index (χ4v) is 1.68. The van der Waals surface area contributed by atoms with E-state index >= 15 is 0 Å². The summed E-state index contributed by atoms with van der Waals surface area (Å²) in [5.74, 6) is 0.503. The highest BCUT2D eigenvalue weighted by Crippen LogP contribution is 2.38. The van der Waals surface area contributed by atoms with Crippen molar-refractivity contribution in [3.63, 3.8) is 0 Å². The summed E-state index contributed by atoms with van der Waals surface area (Å²) in [4.78, 5) is 11.8. The molecule has 1 saturated carbocycles. The second-order valence-electron chi connectivity index (χ2n) is 4.29. The average Bonchev–Trinajstić information content (AvgIpc) is 2.88. The van der Waals surface area contributed by atoms with Crippen molar-refractivity contribution in [2.75, 3.05) is 0 Å². The molecular weight excluding hydrogens is 178 g/mol. The molecule has 1 aliphatic carbocycles. The molecule has 3 nitrogen and oxygen atoms in total. The highest BCUT2D eigenvalue weighted by atomic mass is 16.3. The Kier molecular flexibility index (Phi) is 2.19. The van der Waals surface area contributed by atoms with E-state index in [9.17, 15) is 4.79 Å². The number of furan rings is 1. The molecule has 0 bridgehead atoms. The smallest absolute Gasteiger partial charge is 0.157 e. The Labute approximate surface area is 83.3 Å². The molecular formula is C11H15NO2. The van der Waals surface area contributed by atoms with Gasteiger partial charge in [0.15, 0.2) is 5.78 Å². The third-order valence-corrected chi connectivity index (χ3v) is 2.97. The van der Waals surface area contributed by atoms with Crippen molar-refractivity contribution in [3.05, 3.63) is 24.2 Å². The zero-order valence-corrected chi connectivity index (χ0v) is 8.32. The molecule has 0 aliphatic heterocycles. The topological polar surface area (TPSA) is 56.2 Å². The van der Waals surface area contributed by atoms with Crippen LogP contribution in [0, 0.1) is 5.92 Å². The van der Waals surface area contributed by atoms with Crippen molar-refractivity contribution >= 4 is 5.78 Å². The first-order valence-corrected chi connectivity index (χ1v) is 4.94. The Hall–Kier alpha value is -1.09. The maximum atomic E-state index is 11.8. The van der Waals surface area contributed by atoms with Gasteiger partial charge in [-0.1, -0.05) is 0 Å². The SMILES string of the molecule is CC(N)(C(=O)Cc1ccoc1)C1CC1. The summed E-state index contributed by atoms with van der Waals surface area (Å²) in [6, 6.07) is 1.81. The molecule has 1 aliphatic rings. The first kappa shape index (κ1) is 9.46. The molecule has 14 heavy (non-hydrogen) atoms. The molecule has 0 aromatic carbocycles. The number of nitrogens with two attached hydrogens (primary N) is 1. The van der Waals surface area contributed by atoms with Crippen molar-refractivity contribution in [1.29, 1.82) is 0 Å². The minimum absolute atomic E-state index is 0.112. The van der Waals surface area contributed by atoms with Gasteiger partial charge in [-0.05, 0) is 37.3 Å². The number of ketones is 1. The lowest BCUT2D eigenvalue weighted by Crippen LogP contribution is -2.47. The average molecular weight is 193 g/mol. The van der Waals surface area contributed by atoms with Crippen molar-refractivity contribution in [3.8, 4) is 0 Å². The Morgan fingerprint density at radius 2 is 2.43 bits per heavy atom. The second-order valence-corrected chi connectivity index (χ2v) is 4.29. The Morgan fingerprint density at radius 1 is 1.71 bits per heavy atom. The minimum Gasteiger partial charge on any atom is -0.472 e. The van der Waals surface area contributed by atoms with Crippen LogP contribution in [-0.2, 0) is 11.2 Å². The van der Waals surface area contributed by atoms with E-state index in [1.807, 2.05) is 6.92 Å². The highest BCUT2D eigenvalue weighted by molar-refractivity contribution is 5.90. The van der Waals surface area contributed by atoms with Crippen LogP contribution in [0.25, 0.3) is 0 Å². The summed E-state index contributed by atoms with van der Waals surface area (Å²) in [7, 11) is 0. The van der Waals surface area contributed by atoms with Crippen LogP contribution >= 0.6 is 0 Å². The van der Waals surface area contributed by atoms with Crippen LogP contribution in [0.15, 0.2) is 23.0 Å². The zero-order valence-electron chi connectivity index (χ0n) is 8.32. The fraction of sp³-hybridized carbons (Fsp3) is 0.545. The van der Waals surface area contributed by atoms with Crippen LogP contribution in [0.5, 0.6) is 0 Å². The Balaban J connectivity index is 2.01. The van der Waals surface area contributed by atoms with E-state index in [1.165, 1.54) is 0 Å². The van der Waals surface area contributed by atoms with E-state index in [4.69, 9.17) is 10.2 Å². The molecule has 1 fully saturated rings. The molecule has 1 aromatic heterocycles. The number of carbonyl (C=O) groups excluding carboxylic acids is 1. The van der Waals surface area contributed by atoms with Crippen molar-refractivity contribution in [2.24, 2.45) is 11.7 Å². The monoisotopic (exact) mass is 193 g/mol. The van der Waals surface area contributed by atoms with Gasteiger partial charge in [0.25, 0.3) is 0 Å². The van der Waals surface area contributed by atoms with Gasteiger partial charge < -0.3 is 10.2 Å². The van der Waals surface area contributed by atoms with Gasteiger partial charge in [-0.3, -0.25) is 4.79 Å². The minimum atomic E-state index is -0.642. The molecule has 76 valence electrons. The van der Waals surface area contributed by atoms with Crippen molar-refractivity contribution in [2.45, 2.75) is 31.7 Å². The molecule has 0 saturated heterocycles. The van der Waals surface area contributed by atoms with Gasteiger partial charge in [0.2, 0.25) is 0 Å². The second kappa shape index (κ2) is 3.24. The van der Waals surface area contributed by atoms with Crippen LogP contribution < -0.4 is 5.73 Å². The van der Waals surface area contributed by atoms with Crippen LogP contribution in [-0.4, -0.2) is 11.3 Å². The van der Waals surface area contributed by atoms with Gasteiger partial charge in [-0.2, -0.15) is 0 Å². The Morgan fingerprint density at radius 3 is 2.93 bits per heavy atom. The number of rotatable bonds is 4. The van der Waals surface area contributed by atoms with Crippen LogP contribution in [0.2, 0.25) is 0 Å². The van der Waals surface area contributed by atoms with Crippen LogP contribution in [0.3, 0.4) is 0 Å². The van der Waals surface area contributed by atoms with Gasteiger partial charge in [-0.25, -0.2) is 0 Å². The largest absolute Gasteiger partial charge is 0.472 e. The van der Waals surface area contributed by atoms with E-state index < -0.39 is 5.54 Å². The lowest BCUT2D eigenvalue weighted by atomic mass is 9.89. The Bertz CT molecular complexity index is 323. The third-order valence-electron chi connectivity index (χ3n) is 2.97. The van der Waals surface area contributed by atoms with Crippen molar-refractivity contribution in [1.82, 2.24) is 0 Å². The first-order valence-electron chi connectivity index (χ1n) is 4.94. The molecule has 0 radical (unpaired) electrons. The zero-order chi connectivity index (χ0) is 10.2. The lowest BCUT2D eigenvalue weighted by molar-refractivity contribution is -0.123. The summed E-state index contributed by atoms with van der Waals surface area (Å²) in [6.07, 6.45) is 5.74. The number of Topliss-reactive ketones (excluding diaryl/α,β-unsaturated/α-hetero) is 1. The molecule has 0 amide bonds. The van der Waals surface area contributed by atoms with Gasteiger partial charge >= 0.3 is 0 Å². The molecule has 2 N–H and O–H groups in total. The van der Waals surface area contributed by atoms with E-state index in [-0.39, 0.29) is 5.78 Å². The molecule has 3 heteroatoms. The van der Waals surface area contributed by atoms with Gasteiger partial charge in [0, 0.05) is 6.42 Å². The van der Waals surface area contributed by atoms with Crippen LogP contribution in [0.4, 0.5) is 0 Å². The summed E-state index contributed by atoms with van der Waals surface area (Å²) in [5.41, 5.74) is 6.27. The molecule has 1 atom stereocenters. The van der Waals surface area contributed by atoms with E-state index in [2.05, 4.69) is 0 Å². The molecule has 1 unspecified atom stereocenters. The standard InChI is InChI=1S/C11H15NO2/c1-11(12,9-2-3-9)10(13)6-8-4-5-14-7-8/h4-5,7,9H,2-3,6,12H2,1H3. The maximum Gasteiger partial charge on any atom is 0.157 e. The van der Waals surface area contributed by atoms with E-state index in [1.54, 1.807) is 18.6 Å². The van der Waals surface area contributed by atoms with Gasteiger partial charge in [0.05, 0.1) is 18.1 Å². The van der Waals surface area contributed by atoms with E-state index in [0.717, 1.165) is 18.4 Å². The quantitative estimate of drug-likeness (QED) is 0.788. The predicted molar refractivity (Wildman–Crippen MR) is 52.7 cm³/mol. The molecule has 2 rings (SSSR count). The maximum absolute atomic E-state index is 11.8. The predicted octanol–water partition coefficient (Wildman–Crippen LogP) is 1.52. The summed E-state index contributed by atoms with van der Waals surface area (Å²) in [5, 5.41) is 0. The number of hydrogen-bond donors (Lipinski definition) is 1. The fourth-order valence-electron chi connectivity index (χ4n) is 1.68.